The molecule has 5 nitrogen and oxygen atoms in total. The van der Waals surface area contributed by atoms with Crippen LogP contribution in [0.3, 0.4) is 0 Å². The first kappa shape index (κ1) is 15.3. The van der Waals surface area contributed by atoms with E-state index in [1.165, 1.54) is 12.8 Å². The number of nitrogens with one attached hydrogen (secondary N) is 2. The number of amides is 1. The number of hydrogen-bond acceptors (Lipinski definition) is 4. The van der Waals surface area contributed by atoms with Crippen molar-refractivity contribution in [2.45, 2.75) is 50.9 Å². The van der Waals surface area contributed by atoms with Gasteiger partial charge < -0.3 is 20.1 Å². The number of anilines is 2. The van der Waals surface area contributed by atoms with Gasteiger partial charge in [0, 0.05) is 12.6 Å². The maximum atomic E-state index is 12.3. The predicted octanol–water partition coefficient (Wildman–Crippen LogP) is 2.78. The average molecular weight is 304 g/mol. The van der Waals surface area contributed by atoms with E-state index in [-0.39, 0.29) is 12.0 Å². The summed E-state index contributed by atoms with van der Waals surface area (Å²) < 4.78 is 11.1. The smallest absolute Gasteiger partial charge is 0.253 e. The normalized spacial score (nSPS) is 22.3. The summed E-state index contributed by atoms with van der Waals surface area (Å²) in [5, 5.41) is 6.38. The van der Waals surface area contributed by atoms with E-state index in [1.807, 2.05) is 24.3 Å². The molecule has 0 spiro atoms. The van der Waals surface area contributed by atoms with Crippen LogP contribution in [0.15, 0.2) is 24.3 Å². The van der Waals surface area contributed by atoms with Gasteiger partial charge in [-0.25, -0.2) is 0 Å². The third-order valence-corrected chi connectivity index (χ3v) is 4.05. The number of rotatable bonds is 7. The van der Waals surface area contributed by atoms with E-state index in [4.69, 9.17) is 9.47 Å². The summed E-state index contributed by atoms with van der Waals surface area (Å²) in [5.74, 6) is -0.122. The highest BCUT2D eigenvalue weighted by atomic mass is 16.5. The van der Waals surface area contributed by atoms with Crippen LogP contribution in [0.5, 0.6) is 0 Å². The summed E-state index contributed by atoms with van der Waals surface area (Å²) in [4.78, 5) is 12.3. The lowest BCUT2D eigenvalue weighted by Crippen LogP contribution is -2.30. The molecule has 22 heavy (non-hydrogen) atoms. The zero-order valence-corrected chi connectivity index (χ0v) is 13.0. The quantitative estimate of drug-likeness (QED) is 0.813. The summed E-state index contributed by atoms with van der Waals surface area (Å²) in [5.41, 5.74) is 1.79. The minimum Gasteiger partial charge on any atom is -0.381 e. The molecule has 1 amide bonds. The molecule has 1 saturated heterocycles. The molecule has 2 atom stereocenters. The van der Waals surface area contributed by atoms with Crippen molar-refractivity contribution >= 4 is 17.3 Å². The highest BCUT2D eigenvalue weighted by Crippen LogP contribution is 2.29. The van der Waals surface area contributed by atoms with Crippen LogP contribution in [0.25, 0.3) is 0 Å². The molecule has 1 aliphatic carbocycles. The van der Waals surface area contributed by atoms with Gasteiger partial charge >= 0.3 is 0 Å². The molecule has 0 aromatic heterocycles. The monoisotopic (exact) mass is 304 g/mol. The summed E-state index contributed by atoms with van der Waals surface area (Å²) in [7, 11) is 0. The molecular formula is C17H24N2O3. The Kier molecular flexibility index (Phi) is 4.95. The van der Waals surface area contributed by atoms with Gasteiger partial charge in [0.2, 0.25) is 0 Å². The standard InChI is InChI=1S/C17H24N2O3/c1-12(22-11-14-5-4-10-21-14)17(20)19-16-7-3-2-6-15(16)18-13-8-9-13/h2-3,6-7,12-14,18H,4-5,8-11H2,1H3,(H,19,20). The molecule has 3 rings (SSSR count). The fourth-order valence-corrected chi connectivity index (χ4v) is 2.50. The third kappa shape index (κ3) is 4.21. The van der Waals surface area contributed by atoms with E-state index >= 15 is 0 Å². The summed E-state index contributed by atoms with van der Waals surface area (Å²) in [6, 6.07) is 8.34. The Morgan fingerprint density at radius 2 is 2.09 bits per heavy atom. The molecule has 2 unspecified atom stereocenters. The van der Waals surface area contributed by atoms with Crippen molar-refractivity contribution in [1.82, 2.24) is 0 Å². The van der Waals surface area contributed by atoms with Crippen LogP contribution < -0.4 is 10.6 Å². The molecule has 2 aliphatic rings. The van der Waals surface area contributed by atoms with E-state index < -0.39 is 6.10 Å². The highest BCUT2D eigenvalue weighted by molar-refractivity contribution is 5.96. The maximum absolute atomic E-state index is 12.3. The SMILES string of the molecule is CC(OCC1CCCO1)C(=O)Nc1ccccc1NC1CC1. The molecule has 1 aromatic carbocycles. The largest absolute Gasteiger partial charge is 0.381 e. The molecule has 2 fully saturated rings. The van der Waals surface area contributed by atoms with Crippen molar-refractivity contribution < 1.29 is 14.3 Å². The molecular weight excluding hydrogens is 280 g/mol. The van der Waals surface area contributed by atoms with Gasteiger partial charge in [-0.1, -0.05) is 12.1 Å². The Morgan fingerprint density at radius 3 is 2.77 bits per heavy atom. The van der Waals surface area contributed by atoms with Crippen molar-refractivity contribution in [3.8, 4) is 0 Å². The number of carbonyl (C=O) groups excluding carboxylic acids is 1. The van der Waals surface area contributed by atoms with E-state index in [9.17, 15) is 4.79 Å². The molecule has 1 aliphatic heterocycles. The van der Waals surface area contributed by atoms with E-state index in [1.54, 1.807) is 6.92 Å². The Morgan fingerprint density at radius 1 is 1.32 bits per heavy atom. The van der Waals surface area contributed by atoms with E-state index in [0.29, 0.717) is 12.6 Å². The number of ether oxygens (including phenoxy) is 2. The average Bonchev–Trinajstić information content (AvgIpc) is 3.18. The Hall–Kier alpha value is -1.59. The van der Waals surface area contributed by atoms with Crippen LogP contribution in [0.4, 0.5) is 11.4 Å². The van der Waals surface area contributed by atoms with Gasteiger partial charge in [0.1, 0.15) is 6.10 Å². The first-order chi connectivity index (χ1) is 10.7. The summed E-state index contributed by atoms with van der Waals surface area (Å²) in [6.07, 6.45) is 4.14. The van der Waals surface area contributed by atoms with E-state index in [2.05, 4.69) is 10.6 Å². The minimum atomic E-state index is -0.488. The zero-order chi connectivity index (χ0) is 15.4. The molecule has 0 bridgehead atoms. The summed E-state index contributed by atoms with van der Waals surface area (Å²) >= 11 is 0. The van der Waals surface area contributed by atoms with Crippen LogP contribution in [0.2, 0.25) is 0 Å². The first-order valence-electron chi connectivity index (χ1n) is 8.12. The fraction of sp³-hybridized carbons (Fsp3) is 0.588. The zero-order valence-electron chi connectivity index (χ0n) is 13.0. The molecule has 1 saturated carbocycles. The second kappa shape index (κ2) is 7.11. The van der Waals surface area contributed by atoms with Crippen molar-refractivity contribution in [3.05, 3.63) is 24.3 Å². The van der Waals surface area contributed by atoms with Crippen LogP contribution in [0.1, 0.15) is 32.6 Å². The molecule has 0 radical (unpaired) electrons. The van der Waals surface area contributed by atoms with Gasteiger partial charge in [0.25, 0.3) is 5.91 Å². The highest BCUT2D eigenvalue weighted by Gasteiger charge is 2.23. The van der Waals surface area contributed by atoms with Crippen molar-refractivity contribution in [2.24, 2.45) is 0 Å². The number of hydrogen-bond donors (Lipinski definition) is 2. The van der Waals surface area contributed by atoms with Gasteiger partial charge in [-0.15, -0.1) is 0 Å². The van der Waals surface area contributed by atoms with Gasteiger partial charge in [-0.3, -0.25) is 4.79 Å². The minimum absolute atomic E-state index is 0.122. The Bertz CT molecular complexity index is 510. The van der Waals surface area contributed by atoms with Gasteiger partial charge in [0.05, 0.1) is 24.1 Å². The van der Waals surface area contributed by atoms with Crippen LogP contribution in [-0.4, -0.2) is 37.4 Å². The topological polar surface area (TPSA) is 59.6 Å². The number of carbonyl (C=O) groups is 1. The third-order valence-electron chi connectivity index (χ3n) is 4.05. The number of para-hydroxylation sites is 2. The van der Waals surface area contributed by atoms with Gasteiger partial charge in [-0.2, -0.15) is 0 Å². The van der Waals surface area contributed by atoms with Crippen molar-refractivity contribution in [3.63, 3.8) is 0 Å². The Labute approximate surface area is 131 Å². The summed E-state index contributed by atoms with van der Waals surface area (Å²) in [6.45, 7) is 3.06. The fourth-order valence-electron chi connectivity index (χ4n) is 2.50. The van der Waals surface area contributed by atoms with Gasteiger partial charge in [-0.05, 0) is 44.7 Å². The molecule has 1 heterocycles. The maximum Gasteiger partial charge on any atom is 0.253 e. The molecule has 120 valence electrons. The molecule has 2 N–H and O–H groups in total. The second-order valence-corrected chi connectivity index (χ2v) is 6.06. The predicted molar refractivity (Wildman–Crippen MR) is 86.1 cm³/mol. The molecule has 1 aromatic rings. The van der Waals surface area contributed by atoms with Gasteiger partial charge in [0.15, 0.2) is 0 Å². The van der Waals surface area contributed by atoms with Crippen molar-refractivity contribution in [1.29, 1.82) is 0 Å². The van der Waals surface area contributed by atoms with Crippen LogP contribution >= 0.6 is 0 Å². The van der Waals surface area contributed by atoms with Crippen molar-refractivity contribution in [2.75, 3.05) is 23.8 Å². The first-order valence-corrected chi connectivity index (χ1v) is 8.12. The van der Waals surface area contributed by atoms with E-state index in [0.717, 1.165) is 30.8 Å². The van der Waals surface area contributed by atoms with Crippen LogP contribution in [-0.2, 0) is 14.3 Å². The second-order valence-electron chi connectivity index (χ2n) is 6.06. The lowest BCUT2D eigenvalue weighted by atomic mass is 10.2. The Balaban J connectivity index is 1.51. The molecule has 5 heteroatoms. The van der Waals surface area contributed by atoms with Crippen LogP contribution in [0, 0.1) is 0 Å². The lowest BCUT2D eigenvalue weighted by Gasteiger charge is -2.18. The lowest BCUT2D eigenvalue weighted by molar-refractivity contribution is -0.128. The number of benzene rings is 1.